The van der Waals surface area contributed by atoms with E-state index in [1.807, 2.05) is 0 Å². The molecule has 0 radical (unpaired) electrons. The number of nitrogens with one attached hydrogen (secondary N) is 2. The smallest absolute Gasteiger partial charge is 0.254 e. The lowest BCUT2D eigenvalue weighted by Crippen LogP contribution is -2.47. The highest BCUT2D eigenvalue weighted by atomic mass is 19.1. The van der Waals surface area contributed by atoms with Gasteiger partial charge in [0, 0.05) is 43.9 Å². The number of benzene rings is 2. The van der Waals surface area contributed by atoms with Crippen LogP contribution < -0.4 is 10.6 Å². The number of anilines is 1. The first-order chi connectivity index (χ1) is 14.3. The van der Waals surface area contributed by atoms with Crippen molar-refractivity contribution < 1.29 is 23.9 Å². The molecular formula is C22H26FN3O4. The second-order valence-corrected chi connectivity index (χ2v) is 6.87. The molecule has 7 nitrogen and oxygen atoms in total. The molecule has 0 bridgehead atoms. The molecule has 160 valence electrons. The molecule has 8 heteroatoms. The van der Waals surface area contributed by atoms with E-state index in [0.29, 0.717) is 23.1 Å². The van der Waals surface area contributed by atoms with Crippen LogP contribution in [0.4, 0.5) is 10.1 Å². The van der Waals surface area contributed by atoms with E-state index in [9.17, 15) is 23.9 Å². The van der Waals surface area contributed by atoms with E-state index < -0.39 is 17.6 Å². The molecule has 2 rings (SSSR count). The van der Waals surface area contributed by atoms with Gasteiger partial charge in [0.2, 0.25) is 5.91 Å². The van der Waals surface area contributed by atoms with Crippen molar-refractivity contribution in [2.45, 2.75) is 32.4 Å². The van der Waals surface area contributed by atoms with E-state index in [1.165, 1.54) is 25.1 Å². The molecule has 2 amide bonds. The maximum Gasteiger partial charge on any atom is 0.254 e. The third-order valence-corrected chi connectivity index (χ3v) is 4.99. The molecule has 2 aromatic rings. The van der Waals surface area contributed by atoms with Gasteiger partial charge in [0.25, 0.3) is 5.91 Å². The number of nitrogens with zero attached hydrogens (tertiary/aromatic N) is 1. The van der Waals surface area contributed by atoms with Crippen LogP contribution in [-0.2, 0) is 16.1 Å². The minimum absolute atomic E-state index is 0.120. The second-order valence-electron chi connectivity index (χ2n) is 6.87. The van der Waals surface area contributed by atoms with Crippen molar-refractivity contribution in [1.82, 2.24) is 10.2 Å². The van der Waals surface area contributed by atoms with Gasteiger partial charge in [0.05, 0.1) is 0 Å². The van der Waals surface area contributed by atoms with Crippen molar-refractivity contribution in [2.24, 2.45) is 0 Å². The minimum atomic E-state index is -0.773. The Hall–Kier alpha value is -3.42. The summed E-state index contributed by atoms with van der Waals surface area (Å²) >= 11 is 0. The Morgan fingerprint density at radius 2 is 1.93 bits per heavy atom. The van der Waals surface area contributed by atoms with Gasteiger partial charge in [-0.2, -0.15) is 0 Å². The highest BCUT2D eigenvalue weighted by Crippen LogP contribution is 2.24. The first-order valence-corrected chi connectivity index (χ1v) is 9.54. The molecule has 0 aliphatic rings. The van der Waals surface area contributed by atoms with Crippen LogP contribution in [0.25, 0.3) is 0 Å². The number of aldehydes is 1. The normalized spacial score (nSPS) is 11.5. The number of hydrogen-bond donors (Lipinski definition) is 3. The summed E-state index contributed by atoms with van der Waals surface area (Å²) in [4.78, 5) is 37.3. The number of likely N-dealkylation sites (N-methyl/N-ethyl adjacent to an activating group) is 2. The number of phenols is 1. The van der Waals surface area contributed by atoms with Crippen LogP contribution in [0.5, 0.6) is 5.75 Å². The molecule has 0 saturated carbocycles. The molecule has 1 unspecified atom stereocenters. The lowest BCUT2D eigenvalue weighted by atomic mass is 10.0. The number of aromatic hydroxyl groups is 1. The molecule has 3 N–H and O–H groups in total. The first-order valence-electron chi connectivity index (χ1n) is 9.54. The molecular weight excluding hydrogens is 389 g/mol. The second kappa shape index (κ2) is 10.4. The van der Waals surface area contributed by atoms with E-state index >= 15 is 0 Å². The summed E-state index contributed by atoms with van der Waals surface area (Å²) in [7, 11) is 3.00. The SMILES string of the molecule is CNC(=O)C(CCC=O)N(C)C(=O)c1cccc(NCc2cccc(O)c2F)c1C. The molecule has 0 aliphatic carbocycles. The van der Waals surface area contributed by atoms with Gasteiger partial charge in [-0.25, -0.2) is 4.39 Å². The largest absolute Gasteiger partial charge is 0.505 e. The zero-order chi connectivity index (χ0) is 22.3. The van der Waals surface area contributed by atoms with E-state index in [2.05, 4.69) is 10.6 Å². The molecule has 1 atom stereocenters. The molecule has 2 aromatic carbocycles. The Kier molecular flexibility index (Phi) is 7.91. The number of amides is 2. The van der Waals surface area contributed by atoms with Crippen LogP contribution in [-0.4, -0.2) is 48.2 Å². The lowest BCUT2D eigenvalue weighted by Gasteiger charge is -2.27. The Balaban J connectivity index is 2.23. The number of phenolic OH excluding ortho intramolecular Hbond substituents is 1. The molecule has 0 aliphatic heterocycles. The topological polar surface area (TPSA) is 98.7 Å². The van der Waals surface area contributed by atoms with Crippen molar-refractivity contribution in [3.05, 3.63) is 58.9 Å². The van der Waals surface area contributed by atoms with Crippen LogP contribution in [0, 0.1) is 12.7 Å². The number of halogens is 1. The maximum atomic E-state index is 14.0. The highest BCUT2D eigenvalue weighted by molar-refractivity contribution is 5.99. The van der Waals surface area contributed by atoms with Crippen molar-refractivity contribution in [1.29, 1.82) is 0 Å². The van der Waals surface area contributed by atoms with Crippen molar-refractivity contribution in [2.75, 3.05) is 19.4 Å². The minimum Gasteiger partial charge on any atom is -0.505 e. The van der Waals surface area contributed by atoms with Crippen LogP contribution >= 0.6 is 0 Å². The predicted octanol–water partition coefficient (Wildman–Crippen LogP) is 2.62. The number of hydrogen-bond acceptors (Lipinski definition) is 5. The highest BCUT2D eigenvalue weighted by Gasteiger charge is 2.27. The Morgan fingerprint density at radius 1 is 1.23 bits per heavy atom. The van der Waals surface area contributed by atoms with E-state index in [4.69, 9.17) is 0 Å². The summed E-state index contributed by atoms with van der Waals surface area (Å²) in [6, 6.07) is 8.70. The predicted molar refractivity (Wildman–Crippen MR) is 112 cm³/mol. The maximum absolute atomic E-state index is 14.0. The average molecular weight is 415 g/mol. The van der Waals surface area contributed by atoms with Gasteiger partial charge in [-0.1, -0.05) is 18.2 Å². The number of rotatable bonds is 9. The molecule has 0 spiro atoms. The summed E-state index contributed by atoms with van der Waals surface area (Å²) in [6.45, 7) is 1.87. The van der Waals surface area contributed by atoms with E-state index in [0.717, 1.165) is 0 Å². The van der Waals surface area contributed by atoms with E-state index in [-0.39, 0.29) is 36.8 Å². The fourth-order valence-electron chi connectivity index (χ4n) is 3.18. The summed E-state index contributed by atoms with van der Waals surface area (Å²) in [5.74, 6) is -1.83. The lowest BCUT2D eigenvalue weighted by molar-refractivity contribution is -0.125. The first kappa shape index (κ1) is 22.9. The fourth-order valence-corrected chi connectivity index (χ4v) is 3.18. The van der Waals surface area contributed by atoms with Gasteiger partial charge in [-0.05, 0) is 37.1 Å². The van der Waals surface area contributed by atoms with Crippen molar-refractivity contribution >= 4 is 23.8 Å². The molecule has 0 aromatic heterocycles. The van der Waals surface area contributed by atoms with Gasteiger partial charge in [0.15, 0.2) is 11.6 Å². The van der Waals surface area contributed by atoms with Gasteiger partial charge in [0.1, 0.15) is 12.3 Å². The van der Waals surface area contributed by atoms with Gasteiger partial charge in [-0.3, -0.25) is 9.59 Å². The van der Waals surface area contributed by atoms with Crippen molar-refractivity contribution in [3.8, 4) is 5.75 Å². The van der Waals surface area contributed by atoms with Gasteiger partial charge in [-0.15, -0.1) is 0 Å². The standard InChI is InChI=1S/C22H26FN3O4/c1-14-16(22(30)26(3)18(10-6-12-27)21(29)24-2)8-5-9-17(14)25-13-15-7-4-11-19(28)20(15)23/h4-5,7-9,11-12,18,25,28H,6,10,13H2,1-3H3,(H,24,29). The zero-order valence-corrected chi connectivity index (χ0v) is 17.2. The van der Waals surface area contributed by atoms with Crippen LogP contribution in [0.1, 0.15) is 34.3 Å². The monoisotopic (exact) mass is 415 g/mol. The van der Waals surface area contributed by atoms with Crippen LogP contribution in [0.2, 0.25) is 0 Å². The van der Waals surface area contributed by atoms with E-state index in [1.54, 1.807) is 37.3 Å². The quantitative estimate of drug-likeness (QED) is 0.547. The zero-order valence-electron chi connectivity index (χ0n) is 17.2. The number of carbonyl (C=O) groups is 3. The van der Waals surface area contributed by atoms with Gasteiger partial charge >= 0.3 is 0 Å². The molecule has 0 saturated heterocycles. The molecule has 0 heterocycles. The summed E-state index contributed by atoms with van der Waals surface area (Å²) in [5, 5.41) is 15.1. The molecule has 0 fully saturated rings. The third kappa shape index (κ3) is 5.14. The van der Waals surface area contributed by atoms with Crippen LogP contribution in [0.15, 0.2) is 36.4 Å². The molecule has 30 heavy (non-hydrogen) atoms. The third-order valence-electron chi connectivity index (χ3n) is 4.99. The average Bonchev–Trinajstić information content (AvgIpc) is 2.75. The summed E-state index contributed by atoms with van der Waals surface area (Å²) in [5.41, 5.74) is 1.94. The summed E-state index contributed by atoms with van der Waals surface area (Å²) < 4.78 is 14.0. The van der Waals surface area contributed by atoms with Crippen LogP contribution in [0.3, 0.4) is 0 Å². The number of carbonyl (C=O) groups excluding carboxylic acids is 3. The Morgan fingerprint density at radius 3 is 2.60 bits per heavy atom. The van der Waals surface area contributed by atoms with Gasteiger partial charge < -0.3 is 25.4 Å². The summed E-state index contributed by atoms with van der Waals surface area (Å²) in [6.07, 6.45) is 1.09. The van der Waals surface area contributed by atoms with Crippen molar-refractivity contribution in [3.63, 3.8) is 0 Å². The Labute approximate surface area is 174 Å². The fraction of sp³-hybridized carbons (Fsp3) is 0.318. The Bertz CT molecular complexity index is 933.